The normalized spacial score (nSPS) is 26.2. The second-order valence-corrected chi connectivity index (χ2v) is 4.85. The van der Waals surface area contributed by atoms with Crippen LogP contribution in [0.4, 0.5) is 0 Å². The third kappa shape index (κ3) is 1.84. The van der Waals surface area contributed by atoms with Crippen molar-refractivity contribution in [1.29, 1.82) is 5.26 Å². The highest BCUT2D eigenvalue weighted by molar-refractivity contribution is 5.51. The molecule has 1 aromatic carbocycles. The first-order chi connectivity index (χ1) is 8.05. The SMILES string of the molecule is COc1cc(C)c(C2CC2(C)C#N)cc1OC. The van der Waals surface area contributed by atoms with Crippen LogP contribution in [-0.2, 0) is 0 Å². The number of hydrogen-bond acceptors (Lipinski definition) is 3. The number of nitrogens with zero attached hydrogens (tertiary/aromatic N) is 1. The summed E-state index contributed by atoms with van der Waals surface area (Å²) in [4.78, 5) is 0. The maximum absolute atomic E-state index is 9.11. The van der Waals surface area contributed by atoms with Gasteiger partial charge in [-0.3, -0.25) is 0 Å². The van der Waals surface area contributed by atoms with Crippen LogP contribution >= 0.6 is 0 Å². The minimum Gasteiger partial charge on any atom is -0.493 e. The first kappa shape index (κ1) is 11.8. The van der Waals surface area contributed by atoms with Crippen LogP contribution in [0.25, 0.3) is 0 Å². The molecule has 0 saturated heterocycles. The molecule has 2 atom stereocenters. The lowest BCUT2D eigenvalue weighted by Crippen LogP contribution is -1.98. The van der Waals surface area contributed by atoms with Crippen LogP contribution in [0.2, 0.25) is 0 Å². The summed E-state index contributed by atoms with van der Waals surface area (Å²) in [5, 5.41) is 9.11. The molecule has 1 saturated carbocycles. The largest absolute Gasteiger partial charge is 0.493 e. The van der Waals surface area contributed by atoms with Crippen LogP contribution in [-0.4, -0.2) is 14.2 Å². The third-order valence-corrected chi connectivity index (χ3v) is 3.64. The minimum atomic E-state index is -0.204. The summed E-state index contributed by atoms with van der Waals surface area (Å²) in [6, 6.07) is 6.36. The molecule has 3 heteroatoms. The van der Waals surface area contributed by atoms with Gasteiger partial charge in [0.1, 0.15) is 0 Å². The van der Waals surface area contributed by atoms with Gasteiger partial charge in [-0.15, -0.1) is 0 Å². The van der Waals surface area contributed by atoms with E-state index in [4.69, 9.17) is 14.7 Å². The molecule has 0 aromatic heterocycles. The summed E-state index contributed by atoms with van der Waals surface area (Å²) in [5.74, 6) is 1.81. The highest BCUT2D eigenvalue weighted by Crippen LogP contribution is 2.59. The Labute approximate surface area is 102 Å². The van der Waals surface area contributed by atoms with Crippen molar-refractivity contribution in [1.82, 2.24) is 0 Å². The first-order valence-corrected chi connectivity index (χ1v) is 5.69. The van der Waals surface area contributed by atoms with Crippen molar-refractivity contribution in [3.05, 3.63) is 23.3 Å². The first-order valence-electron chi connectivity index (χ1n) is 5.69. The Morgan fingerprint density at radius 3 is 2.35 bits per heavy atom. The highest BCUT2D eigenvalue weighted by atomic mass is 16.5. The Bertz CT molecular complexity index is 490. The lowest BCUT2D eigenvalue weighted by atomic mass is 9.98. The highest BCUT2D eigenvalue weighted by Gasteiger charge is 2.52. The molecule has 0 aliphatic heterocycles. The number of benzene rings is 1. The van der Waals surface area contributed by atoms with Crippen molar-refractivity contribution in [3.63, 3.8) is 0 Å². The van der Waals surface area contributed by atoms with Gasteiger partial charge in [0.25, 0.3) is 0 Å². The van der Waals surface area contributed by atoms with Crippen molar-refractivity contribution in [2.75, 3.05) is 14.2 Å². The van der Waals surface area contributed by atoms with Crippen molar-refractivity contribution in [3.8, 4) is 17.6 Å². The Kier molecular flexibility index (Phi) is 2.74. The molecule has 2 rings (SSSR count). The lowest BCUT2D eigenvalue weighted by Gasteiger charge is -2.13. The van der Waals surface area contributed by atoms with E-state index in [0.29, 0.717) is 5.92 Å². The van der Waals surface area contributed by atoms with E-state index in [1.807, 2.05) is 26.0 Å². The van der Waals surface area contributed by atoms with E-state index < -0.39 is 0 Å². The van der Waals surface area contributed by atoms with Gasteiger partial charge in [-0.2, -0.15) is 5.26 Å². The van der Waals surface area contributed by atoms with Gasteiger partial charge in [0.15, 0.2) is 11.5 Å². The van der Waals surface area contributed by atoms with E-state index in [-0.39, 0.29) is 5.41 Å². The molecule has 0 heterocycles. The summed E-state index contributed by atoms with van der Waals surface area (Å²) in [6.07, 6.45) is 0.930. The third-order valence-electron chi connectivity index (χ3n) is 3.64. The Morgan fingerprint density at radius 2 is 1.88 bits per heavy atom. The van der Waals surface area contributed by atoms with Gasteiger partial charge in [0.2, 0.25) is 0 Å². The molecule has 1 aromatic rings. The van der Waals surface area contributed by atoms with Gasteiger partial charge in [-0.05, 0) is 43.5 Å². The molecule has 3 nitrogen and oxygen atoms in total. The molecule has 1 aliphatic carbocycles. The van der Waals surface area contributed by atoms with Crippen LogP contribution in [0.5, 0.6) is 11.5 Å². The van der Waals surface area contributed by atoms with Crippen LogP contribution in [0, 0.1) is 23.7 Å². The molecular formula is C14H17NO2. The number of aryl methyl sites for hydroxylation is 1. The molecule has 1 aliphatic rings. The predicted molar refractivity (Wildman–Crippen MR) is 65.4 cm³/mol. The maximum atomic E-state index is 9.11. The van der Waals surface area contributed by atoms with Gasteiger partial charge in [-0.25, -0.2) is 0 Å². The van der Waals surface area contributed by atoms with Crippen LogP contribution in [0.15, 0.2) is 12.1 Å². The van der Waals surface area contributed by atoms with Crippen molar-refractivity contribution in [2.24, 2.45) is 5.41 Å². The Morgan fingerprint density at radius 1 is 1.29 bits per heavy atom. The van der Waals surface area contributed by atoms with E-state index >= 15 is 0 Å². The van der Waals surface area contributed by atoms with Crippen molar-refractivity contribution >= 4 is 0 Å². The number of nitriles is 1. The van der Waals surface area contributed by atoms with Gasteiger partial charge < -0.3 is 9.47 Å². The molecule has 0 N–H and O–H groups in total. The zero-order valence-corrected chi connectivity index (χ0v) is 10.7. The molecule has 17 heavy (non-hydrogen) atoms. The molecule has 1 fully saturated rings. The molecule has 0 amide bonds. The number of ether oxygens (including phenoxy) is 2. The van der Waals surface area contributed by atoms with Gasteiger partial charge in [0.05, 0.1) is 25.7 Å². The van der Waals surface area contributed by atoms with E-state index in [0.717, 1.165) is 23.5 Å². The average molecular weight is 231 g/mol. The zero-order valence-electron chi connectivity index (χ0n) is 10.7. The summed E-state index contributed by atoms with van der Waals surface area (Å²) in [5.41, 5.74) is 2.16. The molecular weight excluding hydrogens is 214 g/mol. The molecule has 2 unspecified atom stereocenters. The van der Waals surface area contributed by atoms with E-state index in [9.17, 15) is 0 Å². The topological polar surface area (TPSA) is 42.2 Å². The average Bonchev–Trinajstić information content (AvgIpc) is 3.01. The fourth-order valence-electron chi connectivity index (χ4n) is 2.31. The number of methoxy groups -OCH3 is 2. The molecule has 0 bridgehead atoms. The molecule has 0 spiro atoms. The predicted octanol–water partition coefficient (Wildman–Crippen LogP) is 3.03. The second-order valence-electron chi connectivity index (χ2n) is 4.85. The van der Waals surface area contributed by atoms with Gasteiger partial charge in [-0.1, -0.05) is 0 Å². The quantitative estimate of drug-likeness (QED) is 0.803. The smallest absolute Gasteiger partial charge is 0.161 e. The van der Waals surface area contributed by atoms with E-state index in [1.165, 1.54) is 5.56 Å². The second kappa shape index (κ2) is 3.96. The van der Waals surface area contributed by atoms with Crippen molar-refractivity contribution < 1.29 is 9.47 Å². The van der Waals surface area contributed by atoms with Crippen LogP contribution < -0.4 is 9.47 Å². The number of rotatable bonds is 3. The maximum Gasteiger partial charge on any atom is 0.161 e. The number of hydrogen-bond donors (Lipinski definition) is 0. The fraction of sp³-hybridized carbons (Fsp3) is 0.500. The standard InChI is InChI=1S/C14H17NO2/c1-9-5-12(16-3)13(17-4)6-10(9)11-7-14(11,2)8-15/h5-6,11H,7H2,1-4H3. The molecule has 0 radical (unpaired) electrons. The fourth-order valence-corrected chi connectivity index (χ4v) is 2.31. The minimum absolute atomic E-state index is 0.204. The summed E-state index contributed by atoms with van der Waals surface area (Å²) >= 11 is 0. The van der Waals surface area contributed by atoms with Crippen molar-refractivity contribution in [2.45, 2.75) is 26.2 Å². The molecule has 90 valence electrons. The van der Waals surface area contributed by atoms with Gasteiger partial charge >= 0.3 is 0 Å². The van der Waals surface area contributed by atoms with Crippen LogP contribution in [0.1, 0.15) is 30.4 Å². The Hall–Kier alpha value is -1.69. The summed E-state index contributed by atoms with van der Waals surface area (Å²) in [7, 11) is 3.26. The lowest BCUT2D eigenvalue weighted by molar-refractivity contribution is 0.354. The summed E-state index contributed by atoms with van der Waals surface area (Å²) < 4.78 is 10.6. The van der Waals surface area contributed by atoms with E-state index in [2.05, 4.69) is 6.07 Å². The van der Waals surface area contributed by atoms with Crippen LogP contribution in [0.3, 0.4) is 0 Å². The monoisotopic (exact) mass is 231 g/mol. The zero-order chi connectivity index (χ0) is 12.6. The van der Waals surface area contributed by atoms with Gasteiger partial charge in [0, 0.05) is 5.92 Å². The van der Waals surface area contributed by atoms with E-state index in [1.54, 1.807) is 14.2 Å². The Balaban J connectivity index is 2.41. The summed E-state index contributed by atoms with van der Waals surface area (Å²) in [6.45, 7) is 4.06.